The number of nitrogens with two attached hydrogens (primary N) is 1. The number of thiazole rings is 1. The largest absolute Gasteiger partial charge is 0.320 e. The molecule has 0 fully saturated rings. The van der Waals surface area contributed by atoms with Crippen molar-refractivity contribution in [1.82, 2.24) is 15.2 Å². The van der Waals surface area contributed by atoms with Gasteiger partial charge in [-0.1, -0.05) is 23.2 Å². The molecular weight excluding hydrogens is 250 g/mol. The molecule has 0 aromatic carbocycles. The highest BCUT2D eigenvalue weighted by molar-refractivity contribution is 7.16. The second-order valence-corrected chi connectivity index (χ2v) is 4.15. The van der Waals surface area contributed by atoms with E-state index in [9.17, 15) is 4.79 Å². The fourth-order valence-electron chi connectivity index (χ4n) is 1.12. The molecular formula is C11H9N5OS. The number of hydrogen-bond acceptors (Lipinski definition) is 6. The van der Waals surface area contributed by atoms with E-state index in [2.05, 4.69) is 32.3 Å². The number of nitrogens with zero attached hydrogens (tertiary/aromatic N) is 3. The molecule has 7 heteroatoms. The van der Waals surface area contributed by atoms with Crippen molar-refractivity contribution in [2.75, 3.05) is 11.9 Å². The Balaban J connectivity index is 2.06. The Morgan fingerprint density at radius 3 is 3.06 bits per heavy atom. The van der Waals surface area contributed by atoms with Crippen LogP contribution in [0.4, 0.5) is 5.13 Å². The van der Waals surface area contributed by atoms with Crippen molar-refractivity contribution in [1.29, 1.82) is 0 Å². The maximum absolute atomic E-state index is 11.8. The van der Waals surface area contributed by atoms with Gasteiger partial charge < -0.3 is 5.73 Å². The van der Waals surface area contributed by atoms with E-state index in [1.807, 2.05) is 0 Å². The number of nitrogens with one attached hydrogen (secondary N) is 1. The van der Waals surface area contributed by atoms with Crippen molar-refractivity contribution < 1.29 is 4.79 Å². The third kappa shape index (κ3) is 3.10. The summed E-state index contributed by atoms with van der Waals surface area (Å²) in [6, 6.07) is 1.57. The summed E-state index contributed by atoms with van der Waals surface area (Å²) in [6.45, 7) is 0.294. The van der Waals surface area contributed by atoms with Gasteiger partial charge in [0.05, 0.1) is 35.6 Å². The summed E-state index contributed by atoms with van der Waals surface area (Å²) in [5, 5.41) is 10.4. The van der Waals surface area contributed by atoms with Crippen LogP contribution in [0.5, 0.6) is 0 Å². The van der Waals surface area contributed by atoms with Crippen molar-refractivity contribution >= 4 is 22.4 Å². The zero-order valence-corrected chi connectivity index (χ0v) is 10.1. The lowest BCUT2D eigenvalue weighted by Crippen LogP contribution is -2.11. The molecule has 0 spiro atoms. The summed E-state index contributed by atoms with van der Waals surface area (Å²) in [5.74, 6) is 5.29. The predicted molar refractivity (Wildman–Crippen MR) is 68.0 cm³/mol. The van der Waals surface area contributed by atoms with Crippen molar-refractivity contribution in [2.24, 2.45) is 5.73 Å². The van der Waals surface area contributed by atoms with Gasteiger partial charge in [0.1, 0.15) is 0 Å². The van der Waals surface area contributed by atoms with Crippen LogP contribution in [0.2, 0.25) is 0 Å². The molecule has 0 aliphatic carbocycles. The third-order valence-corrected chi connectivity index (χ3v) is 2.71. The first kappa shape index (κ1) is 12.2. The topological polar surface area (TPSA) is 93.8 Å². The number of amides is 1. The zero-order chi connectivity index (χ0) is 12.8. The van der Waals surface area contributed by atoms with Gasteiger partial charge >= 0.3 is 0 Å². The van der Waals surface area contributed by atoms with Gasteiger partial charge in [0.25, 0.3) is 5.91 Å². The minimum Gasteiger partial charge on any atom is -0.320 e. The predicted octanol–water partition coefficient (Wildman–Crippen LogP) is 0.496. The summed E-state index contributed by atoms with van der Waals surface area (Å²) >= 11 is 1.29. The lowest BCUT2D eigenvalue weighted by Gasteiger charge is -1.99. The molecule has 0 saturated carbocycles. The lowest BCUT2D eigenvalue weighted by molar-refractivity contribution is 0.102. The van der Waals surface area contributed by atoms with Gasteiger partial charge in [-0.25, -0.2) is 4.98 Å². The van der Waals surface area contributed by atoms with Gasteiger partial charge in [-0.15, -0.1) is 0 Å². The van der Waals surface area contributed by atoms with Gasteiger partial charge in [-0.2, -0.15) is 10.2 Å². The molecule has 0 aliphatic heterocycles. The van der Waals surface area contributed by atoms with Crippen LogP contribution in [0.15, 0.2) is 24.7 Å². The Bertz CT molecular complexity index is 599. The first-order valence-corrected chi connectivity index (χ1v) is 5.84. The average Bonchev–Trinajstić information content (AvgIpc) is 2.85. The van der Waals surface area contributed by atoms with E-state index in [1.54, 1.807) is 12.3 Å². The Morgan fingerprint density at radius 1 is 1.44 bits per heavy atom. The van der Waals surface area contributed by atoms with Gasteiger partial charge in [0, 0.05) is 0 Å². The highest BCUT2D eigenvalue weighted by Crippen LogP contribution is 2.17. The van der Waals surface area contributed by atoms with Crippen LogP contribution in [-0.2, 0) is 0 Å². The van der Waals surface area contributed by atoms with Crippen molar-refractivity contribution in [3.05, 3.63) is 35.1 Å². The van der Waals surface area contributed by atoms with E-state index in [4.69, 9.17) is 5.73 Å². The van der Waals surface area contributed by atoms with E-state index in [1.165, 1.54) is 23.7 Å². The van der Waals surface area contributed by atoms with Crippen LogP contribution in [-0.4, -0.2) is 27.6 Å². The molecule has 90 valence electrons. The Labute approximate surface area is 107 Å². The fourth-order valence-corrected chi connectivity index (χ4v) is 1.81. The van der Waals surface area contributed by atoms with Crippen LogP contribution < -0.4 is 11.1 Å². The minimum absolute atomic E-state index is 0.280. The smallest absolute Gasteiger partial charge is 0.259 e. The molecule has 6 nitrogen and oxygen atoms in total. The van der Waals surface area contributed by atoms with Crippen molar-refractivity contribution in [3.8, 4) is 11.8 Å². The van der Waals surface area contributed by atoms with Crippen LogP contribution >= 0.6 is 11.3 Å². The number of carbonyl (C=O) groups excluding carboxylic acids is 1. The summed E-state index contributed by atoms with van der Waals surface area (Å²) < 4.78 is 0. The van der Waals surface area contributed by atoms with Gasteiger partial charge in [0.2, 0.25) is 0 Å². The summed E-state index contributed by atoms with van der Waals surface area (Å²) in [5.41, 5.74) is 5.69. The fraction of sp³-hybridized carbons (Fsp3) is 0.0909. The Morgan fingerprint density at radius 2 is 2.33 bits per heavy atom. The second kappa shape index (κ2) is 5.86. The maximum atomic E-state index is 11.8. The third-order valence-electron chi connectivity index (χ3n) is 1.89. The molecule has 2 rings (SSSR count). The van der Waals surface area contributed by atoms with E-state index >= 15 is 0 Å². The quantitative estimate of drug-likeness (QED) is 0.766. The zero-order valence-electron chi connectivity index (χ0n) is 9.25. The molecule has 0 unspecified atom stereocenters. The molecule has 0 aliphatic rings. The molecule has 0 radical (unpaired) electrons. The van der Waals surface area contributed by atoms with E-state index in [-0.39, 0.29) is 5.91 Å². The van der Waals surface area contributed by atoms with Crippen LogP contribution in [0.1, 0.15) is 15.2 Å². The number of aromatic nitrogens is 3. The van der Waals surface area contributed by atoms with Crippen molar-refractivity contribution in [2.45, 2.75) is 0 Å². The van der Waals surface area contributed by atoms with Gasteiger partial charge in [-0.3, -0.25) is 10.1 Å². The molecule has 2 aromatic heterocycles. The standard InChI is InChI=1S/C11H9N5OS/c12-4-1-2-9-7-13-11(18-9)16-10(17)8-3-5-14-15-6-8/h3,5-7H,4,12H2,(H,13,16,17). The number of anilines is 1. The van der Waals surface area contributed by atoms with E-state index in [0.29, 0.717) is 17.2 Å². The van der Waals surface area contributed by atoms with E-state index in [0.717, 1.165) is 4.88 Å². The summed E-state index contributed by atoms with van der Waals surface area (Å²) in [4.78, 5) is 16.6. The molecule has 2 heterocycles. The Hall–Kier alpha value is -2.30. The molecule has 3 N–H and O–H groups in total. The first-order valence-electron chi connectivity index (χ1n) is 5.02. The first-order chi connectivity index (χ1) is 8.79. The van der Waals surface area contributed by atoms with Crippen molar-refractivity contribution in [3.63, 3.8) is 0 Å². The molecule has 2 aromatic rings. The Kier molecular flexibility index (Phi) is 3.96. The minimum atomic E-state index is -0.280. The second-order valence-electron chi connectivity index (χ2n) is 3.12. The van der Waals surface area contributed by atoms with Crippen LogP contribution in [0.3, 0.4) is 0 Å². The maximum Gasteiger partial charge on any atom is 0.259 e. The lowest BCUT2D eigenvalue weighted by atomic mass is 10.3. The van der Waals surface area contributed by atoms with Crippen LogP contribution in [0.25, 0.3) is 0 Å². The highest BCUT2D eigenvalue weighted by Gasteiger charge is 2.08. The molecule has 0 atom stereocenters. The average molecular weight is 259 g/mol. The monoisotopic (exact) mass is 259 g/mol. The highest BCUT2D eigenvalue weighted by atomic mass is 32.1. The SMILES string of the molecule is NCC#Cc1cnc(NC(=O)c2ccnnc2)s1. The van der Waals surface area contributed by atoms with Crippen LogP contribution in [0, 0.1) is 11.8 Å². The molecule has 18 heavy (non-hydrogen) atoms. The summed E-state index contributed by atoms with van der Waals surface area (Å²) in [6.07, 6.45) is 4.43. The molecule has 1 amide bonds. The number of hydrogen-bond donors (Lipinski definition) is 2. The molecule has 0 saturated heterocycles. The number of rotatable bonds is 2. The molecule has 0 bridgehead atoms. The van der Waals surface area contributed by atoms with Gasteiger partial charge in [0.15, 0.2) is 5.13 Å². The normalized spacial score (nSPS) is 9.39. The summed E-state index contributed by atoms with van der Waals surface area (Å²) in [7, 11) is 0. The number of carbonyl (C=O) groups is 1. The van der Waals surface area contributed by atoms with E-state index < -0.39 is 0 Å². The van der Waals surface area contributed by atoms with Gasteiger partial charge in [-0.05, 0) is 6.07 Å².